The fraction of sp³-hybridized carbons (Fsp3) is 0.378. The third-order valence-corrected chi connectivity index (χ3v) is 23.9. The van der Waals surface area contributed by atoms with E-state index >= 15 is 14.4 Å². The number of amides is 3. The number of likely N-dealkylation sites (N-methyl/N-ethyl adjacent to an activating group) is 3. The largest absolute Gasteiger partial charge is 0.416 e. The number of aromatic nitrogens is 6. The SMILES string of the molecule is [2H]C([2H])(c1ccc(-c2ccc(C(F)(F)F)cc2)cc1)N(C(=O)C([2H])([2H])n1c(SCc2ccc(F)cc2)nc(=O)c2c1C([2H])([2H])C([2H])(C)C2([2H])[2H])C([2H])([2H])C([2H])([2H])N(CC)CC.[2H]c1c([2H])c(C(F)(F)F)c([2H])c([2H])c1-c1c([2H])c([2H])c(C([2H])([2H])N(C(=O)C([2H])([2H])n2c(SCc3ccc(F)cc3)nc(=O)c3c2C([2H])([2H])C([2H])(C)C3([2H])[2H])C([2H])([2H])C([2H])([2H])N(CC)CC)c([2H])c1[2H].[2H]c1c([2H])c(C([2H])([2H])N(C(=O)C([2H])([2H])n2c(SCc3ccc(F)cc3)nc(=O)c3c2CCC3)C([2H])([2H])C([2H])([2H])N(CC)CC)c([2H])c([2H])c1-c1c([2H])c([2H])c(C(F)(F)F)c(C)c1[2H]. The Morgan fingerprint density at radius 1 is 0.382 bits per heavy atom. The van der Waals surface area contributed by atoms with E-state index in [-0.39, 0.29) is 98.9 Å². The predicted octanol–water partition coefficient (Wildman–Crippen LogP) is 22.5. The van der Waals surface area contributed by atoms with Gasteiger partial charge in [0.05, 0.1) is 61.9 Å². The smallest absolute Gasteiger partial charge is 0.336 e. The summed E-state index contributed by atoms with van der Waals surface area (Å²) in [5.74, 6) is -15.4. The molecular weight excluding hydrogens is 1920 g/mol. The Labute approximate surface area is 913 Å². The van der Waals surface area contributed by atoms with Gasteiger partial charge in [0.25, 0.3) is 16.7 Å². The van der Waals surface area contributed by atoms with Crippen LogP contribution < -0.4 is 16.7 Å². The van der Waals surface area contributed by atoms with Gasteiger partial charge in [-0.1, -0.05) is 236 Å². The van der Waals surface area contributed by atoms with Crippen molar-refractivity contribution in [2.75, 3.05) is 78.2 Å². The van der Waals surface area contributed by atoms with Gasteiger partial charge >= 0.3 is 18.5 Å². The minimum absolute atomic E-state index is 0.0131. The van der Waals surface area contributed by atoms with Crippen LogP contribution in [0.5, 0.6) is 0 Å². The number of carbonyl (C=O) groups excluding carboxylic acids is 3. The molecule has 3 heterocycles. The molecule has 18 nitrogen and oxygen atoms in total. The number of halogens is 12. The molecule has 2 unspecified atom stereocenters. The topological polar surface area (TPSA) is 175 Å². The lowest BCUT2D eigenvalue weighted by Gasteiger charge is -2.28. The molecule has 0 radical (unpaired) electrons. The lowest BCUT2D eigenvalue weighted by molar-refractivity contribution is -0.138. The van der Waals surface area contributed by atoms with Crippen LogP contribution in [0.1, 0.15) is 218 Å². The van der Waals surface area contributed by atoms with Crippen LogP contribution in [0.15, 0.2) is 242 Å². The highest BCUT2D eigenvalue weighted by atomic mass is 32.2. The Morgan fingerprint density at radius 2 is 0.701 bits per heavy atom. The van der Waals surface area contributed by atoms with Gasteiger partial charge in [-0.05, 0) is 242 Å². The molecule has 9 aromatic carbocycles. The summed E-state index contributed by atoms with van der Waals surface area (Å²) in [5, 5.41) is -2.24. The number of hydrogen-bond acceptors (Lipinski definition) is 15. The second-order valence-corrected chi connectivity index (χ2v) is 33.6. The molecule has 3 aliphatic rings. The predicted molar refractivity (Wildman–Crippen MR) is 544 cm³/mol. The van der Waals surface area contributed by atoms with Gasteiger partial charge in [-0.3, -0.25) is 28.8 Å². The Hall–Kier alpha value is -11.9. The lowest BCUT2D eigenvalue weighted by Crippen LogP contribution is -2.40. The Kier molecular flexibility index (Phi) is 21.3. The summed E-state index contributed by atoms with van der Waals surface area (Å²) in [6, 6.07) is 0.678. The molecule has 0 fully saturated rings. The molecule has 3 amide bonds. The van der Waals surface area contributed by atoms with Gasteiger partial charge in [0.1, 0.15) is 36.9 Å². The van der Waals surface area contributed by atoms with E-state index in [0.717, 1.165) is 108 Å². The first kappa shape index (κ1) is 60.9. The minimum atomic E-state index is -5.47. The number of fused-ring (bicyclic) bond motifs is 3. The van der Waals surface area contributed by atoms with Crippen LogP contribution in [-0.2, 0) is 127 Å². The van der Waals surface area contributed by atoms with Gasteiger partial charge in [0.15, 0.2) is 15.5 Å². The summed E-state index contributed by atoms with van der Waals surface area (Å²) in [4.78, 5) is 98.5. The van der Waals surface area contributed by atoms with Crippen LogP contribution in [0.3, 0.4) is 0 Å². The maximum absolute atomic E-state index is 15.4. The van der Waals surface area contributed by atoms with E-state index in [0.29, 0.717) is 51.0 Å². The Bertz CT molecular complexity index is 9230. The zero-order chi connectivity index (χ0) is 147. The highest BCUT2D eigenvalue weighted by Crippen LogP contribution is 2.39. The second kappa shape index (κ2) is 50.3. The molecule has 3 aliphatic carbocycles. The summed E-state index contributed by atoms with van der Waals surface area (Å²) < 4.78 is 603. The molecule has 0 spiro atoms. The Morgan fingerprint density at radius 3 is 1.06 bits per heavy atom. The number of hydrogen-bond donors (Lipinski definition) is 0. The summed E-state index contributed by atoms with van der Waals surface area (Å²) in [6.07, 6.45) is -28.3. The van der Waals surface area contributed by atoms with Crippen molar-refractivity contribution in [3.8, 4) is 33.4 Å². The van der Waals surface area contributed by atoms with Crippen molar-refractivity contribution in [2.45, 2.75) is 197 Å². The van der Waals surface area contributed by atoms with Gasteiger partial charge in [0.2, 0.25) is 17.7 Å². The summed E-state index contributed by atoms with van der Waals surface area (Å²) >= 11 is 1.58. The van der Waals surface area contributed by atoms with Crippen LogP contribution in [-0.4, -0.2) is 154 Å². The van der Waals surface area contributed by atoms with Crippen molar-refractivity contribution >= 4 is 53.0 Å². The Balaban J connectivity index is 0.000000234. The number of alkyl halides is 9. The van der Waals surface area contributed by atoms with Crippen molar-refractivity contribution in [2.24, 2.45) is 11.8 Å². The van der Waals surface area contributed by atoms with Gasteiger partial charge in [-0.2, -0.15) is 54.5 Å². The first-order valence-electron chi connectivity index (χ1n) is 68.3. The van der Waals surface area contributed by atoms with Gasteiger partial charge < -0.3 is 43.1 Å². The molecule has 3 aromatic heterocycles. The van der Waals surface area contributed by atoms with E-state index in [9.17, 15) is 91.7 Å². The zero-order valence-corrected chi connectivity index (χ0v) is 80.1. The standard InChI is InChI=1S/3C37H40F4N4O2S/c2*1-4-43(5-2)18-19-44(22-26-6-10-28(11-7-26)29-12-14-30(15-13-29)37(39,40)41)34(46)23-45-33-21-25(3)20-32(33)35(47)42-36(45)48-24-27-8-16-31(38)17-9-27;1-4-43(5-2)19-20-44(22-26-9-13-28(14-10-26)29-15-18-32(25(3)21-29)37(39,40)41)34(46)23-45-33-8-6-7-31(33)35(47)42-36(45)48-24-27-11-16-30(38)17-12-27/h2*6-17,25H,4-5,18-24H2,1-3H3;9-18,21H,4-8,19-20,22-24H2,1-3H3/i6D,7D,10D,11D,12D,13D,14D,15D,18D2,19D2,20D2,21D2,22D2,23D2,25D;18D2,19D2,20D2,21D2,22D2,23D2,25D;9D,10D,13D,14D,15D,18D,19D2,20D2,21D,22D2,23D2. The summed E-state index contributed by atoms with van der Waals surface area (Å²) in [6.45, 7) is -37.4. The second-order valence-electron chi connectivity index (χ2n) is 30.8. The van der Waals surface area contributed by atoms with E-state index in [4.69, 9.17) is 42.5 Å². The molecule has 15 rings (SSSR count). The van der Waals surface area contributed by atoms with Crippen molar-refractivity contribution in [1.82, 2.24) is 58.1 Å². The maximum atomic E-state index is 15.4. The molecule has 144 heavy (non-hydrogen) atoms. The fourth-order valence-electron chi connectivity index (χ4n) is 13.3. The minimum Gasteiger partial charge on any atom is -0.336 e. The third kappa shape index (κ3) is 29.5. The number of benzene rings is 9. The average Bonchev–Trinajstić information content (AvgIpc) is 1.51. The summed E-state index contributed by atoms with van der Waals surface area (Å²) in [5.41, 5.74) is -21.0. The first-order valence-corrected chi connectivity index (χ1v) is 46.7. The highest BCUT2D eigenvalue weighted by molar-refractivity contribution is 7.98. The van der Waals surface area contributed by atoms with Crippen molar-refractivity contribution in [3.63, 3.8) is 0 Å². The fourth-order valence-corrected chi connectivity index (χ4v) is 16.1. The molecule has 0 bridgehead atoms. The quantitative estimate of drug-likeness (QED) is 0.0202. The zero-order valence-electron chi connectivity index (χ0n) is 127. The van der Waals surface area contributed by atoms with Crippen molar-refractivity contribution < 1.29 is 134 Å². The van der Waals surface area contributed by atoms with Gasteiger partial charge in [0, 0.05) is 131 Å². The van der Waals surface area contributed by atoms with E-state index in [1.165, 1.54) is 90.1 Å². The number of nitrogens with zero attached hydrogens (tertiary/aromatic N) is 12. The van der Waals surface area contributed by atoms with Crippen LogP contribution in [0.2, 0.25) is 0 Å². The lowest BCUT2D eigenvalue weighted by atomic mass is 9.98. The van der Waals surface area contributed by atoms with Crippen molar-refractivity contribution in [3.05, 3.63) is 350 Å². The first-order chi connectivity index (χ1) is 88.0. The van der Waals surface area contributed by atoms with Crippen LogP contribution in [0.25, 0.3) is 33.4 Å². The third-order valence-electron chi connectivity index (χ3n) is 20.9. The normalized spacial score (nSPS) is 22.4. The average molecular weight is 2090 g/mol. The molecular formula is C111H120F12N12O6S3. The van der Waals surface area contributed by atoms with E-state index < -0.39 is 404 Å². The summed E-state index contributed by atoms with van der Waals surface area (Å²) in [7, 11) is 0. The molecule has 33 heteroatoms. The van der Waals surface area contributed by atoms with E-state index in [1.54, 1.807) is 0 Å². The number of rotatable bonds is 39. The van der Waals surface area contributed by atoms with Gasteiger partial charge in [-0.25, -0.2) is 13.2 Å². The highest BCUT2D eigenvalue weighted by Gasteiger charge is 2.36. The van der Waals surface area contributed by atoms with Crippen LogP contribution >= 0.6 is 35.3 Å². The van der Waals surface area contributed by atoms with Crippen LogP contribution in [0.4, 0.5) is 52.7 Å². The molecule has 0 N–H and O–H groups in total. The molecule has 762 valence electrons. The number of thioether (sulfide) groups is 3. The molecule has 0 saturated carbocycles. The molecule has 12 aromatic rings. The van der Waals surface area contributed by atoms with E-state index in [2.05, 4.69) is 15.0 Å². The molecule has 0 aliphatic heterocycles. The monoisotopic (exact) mass is 2090 g/mol. The van der Waals surface area contributed by atoms with E-state index in [1.807, 2.05) is 0 Å². The molecule has 0 saturated heterocycles. The maximum Gasteiger partial charge on any atom is 0.416 e. The number of carbonyl (C=O) groups is 3. The van der Waals surface area contributed by atoms with Crippen LogP contribution in [0, 0.1) is 36.2 Å². The molecule has 2 atom stereocenters. The van der Waals surface area contributed by atoms with Gasteiger partial charge in [-0.15, -0.1) is 0 Å². The van der Waals surface area contributed by atoms with Crippen molar-refractivity contribution in [1.29, 1.82) is 0 Å².